The molecule has 0 fully saturated rings. The summed E-state index contributed by atoms with van der Waals surface area (Å²) in [5.41, 5.74) is 12.0. The molecular formula is C42H29N3O. The van der Waals surface area contributed by atoms with Crippen LogP contribution in [-0.2, 0) is 5.41 Å². The second-order valence-electron chi connectivity index (χ2n) is 12.5. The summed E-state index contributed by atoms with van der Waals surface area (Å²) in [6.07, 6.45) is 0. The van der Waals surface area contributed by atoms with Gasteiger partial charge in [-0.05, 0) is 46.0 Å². The van der Waals surface area contributed by atoms with E-state index >= 15 is 0 Å². The van der Waals surface area contributed by atoms with Crippen molar-refractivity contribution in [2.45, 2.75) is 19.3 Å². The maximum absolute atomic E-state index is 6.70. The van der Waals surface area contributed by atoms with E-state index in [1.54, 1.807) is 0 Å². The Morgan fingerprint density at radius 1 is 0.457 bits per heavy atom. The minimum absolute atomic E-state index is 0.131. The van der Waals surface area contributed by atoms with Crippen molar-refractivity contribution >= 4 is 21.9 Å². The molecule has 0 bridgehead atoms. The molecule has 2 heterocycles. The van der Waals surface area contributed by atoms with Crippen molar-refractivity contribution in [2.24, 2.45) is 0 Å². The fraction of sp³-hybridized carbons (Fsp3) is 0.0714. The molecule has 0 saturated heterocycles. The molecule has 1 aliphatic carbocycles. The Bertz CT molecular complexity index is 2370. The van der Waals surface area contributed by atoms with Crippen molar-refractivity contribution in [3.8, 4) is 56.4 Å². The molecule has 0 amide bonds. The lowest BCUT2D eigenvalue weighted by atomic mass is 9.82. The molecule has 0 aliphatic heterocycles. The van der Waals surface area contributed by atoms with Gasteiger partial charge < -0.3 is 4.42 Å². The Hall–Kier alpha value is -5.87. The average Bonchev–Trinajstić information content (AvgIpc) is 3.60. The number of hydrogen-bond donors (Lipinski definition) is 0. The summed E-state index contributed by atoms with van der Waals surface area (Å²) in [5.74, 6) is 1.95. The minimum Gasteiger partial charge on any atom is -0.456 e. The smallest absolute Gasteiger partial charge is 0.164 e. The summed E-state index contributed by atoms with van der Waals surface area (Å²) < 4.78 is 6.70. The van der Waals surface area contributed by atoms with Gasteiger partial charge in [-0.2, -0.15) is 0 Å². The van der Waals surface area contributed by atoms with Crippen LogP contribution in [-0.4, -0.2) is 15.0 Å². The first kappa shape index (κ1) is 26.5. The summed E-state index contributed by atoms with van der Waals surface area (Å²) in [6.45, 7) is 4.60. The lowest BCUT2D eigenvalue weighted by Crippen LogP contribution is -2.15. The van der Waals surface area contributed by atoms with Crippen LogP contribution < -0.4 is 0 Å². The number of fused-ring (bicyclic) bond motifs is 7. The van der Waals surface area contributed by atoms with E-state index in [9.17, 15) is 0 Å². The molecule has 0 atom stereocenters. The van der Waals surface area contributed by atoms with Crippen LogP contribution in [0.15, 0.2) is 144 Å². The van der Waals surface area contributed by atoms with Crippen LogP contribution in [0.4, 0.5) is 0 Å². The van der Waals surface area contributed by atoms with Gasteiger partial charge in [-0.3, -0.25) is 0 Å². The average molecular weight is 592 g/mol. The minimum atomic E-state index is -0.131. The van der Waals surface area contributed by atoms with E-state index in [0.717, 1.165) is 49.8 Å². The van der Waals surface area contributed by atoms with Gasteiger partial charge >= 0.3 is 0 Å². The molecule has 1 aliphatic rings. The molecular weight excluding hydrogens is 562 g/mol. The van der Waals surface area contributed by atoms with Gasteiger partial charge in [0.15, 0.2) is 17.5 Å². The third kappa shape index (κ3) is 4.11. The number of furan rings is 1. The van der Waals surface area contributed by atoms with Gasteiger partial charge in [-0.15, -0.1) is 0 Å². The van der Waals surface area contributed by atoms with Crippen LogP contribution in [0.25, 0.3) is 78.4 Å². The summed E-state index contributed by atoms with van der Waals surface area (Å²) >= 11 is 0. The standard InChI is InChI=1S/C42H29N3O/c1-42(2)35-16-10-9-15-31(35)33-23-24-34-32-22-21-30(25-36(32)46-38(34)37(33)42)26-17-19-29(20-18-26)41-44-39(27-11-5-3-6-12-27)43-40(45-41)28-13-7-4-8-14-28/h3-25H,1-2H3. The van der Waals surface area contributed by atoms with E-state index in [1.807, 2.05) is 60.7 Å². The van der Waals surface area contributed by atoms with Crippen LogP contribution in [0.5, 0.6) is 0 Å². The molecule has 0 unspecified atom stereocenters. The molecule has 46 heavy (non-hydrogen) atoms. The highest BCUT2D eigenvalue weighted by Gasteiger charge is 2.38. The van der Waals surface area contributed by atoms with Gasteiger partial charge in [-0.25, -0.2) is 15.0 Å². The molecule has 0 saturated carbocycles. The van der Waals surface area contributed by atoms with Crippen LogP contribution in [0.2, 0.25) is 0 Å². The summed E-state index contributed by atoms with van der Waals surface area (Å²) in [7, 11) is 0. The van der Waals surface area contributed by atoms with Crippen molar-refractivity contribution in [1.82, 2.24) is 15.0 Å². The zero-order valence-electron chi connectivity index (χ0n) is 25.5. The van der Waals surface area contributed by atoms with E-state index in [-0.39, 0.29) is 5.41 Å². The van der Waals surface area contributed by atoms with E-state index < -0.39 is 0 Å². The Kier molecular flexibility index (Phi) is 5.81. The van der Waals surface area contributed by atoms with Gasteiger partial charge in [0.25, 0.3) is 0 Å². The lowest BCUT2D eigenvalue weighted by Gasteiger charge is -2.21. The predicted octanol–water partition coefficient (Wildman–Crippen LogP) is 10.7. The third-order valence-corrected chi connectivity index (χ3v) is 9.33. The van der Waals surface area contributed by atoms with Gasteiger partial charge in [0.05, 0.1) is 0 Å². The quantitative estimate of drug-likeness (QED) is 0.204. The number of benzene rings is 6. The molecule has 6 aromatic carbocycles. The monoisotopic (exact) mass is 591 g/mol. The topological polar surface area (TPSA) is 51.8 Å². The zero-order chi connectivity index (χ0) is 30.8. The maximum atomic E-state index is 6.70. The molecule has 8 aromatic rings. The van der Waals surface area contributed by atoms with Gasteiger partial charge in [0.2, 0.25) is 0 Å². The molecule has 0 spiro atoms. The van der Waals surface area contributed by atoms with Gasteiger partial charge in [-0.1, -0.05) is 135 Å². The van der Waals surface area contributed by atoms with Crippen LogP contribution in [0.3, 0.4) is 0 Å². The van der Waals surface area contributed by atoms with Crippen LogP contribution in [0, 0.1) is 0 Å². The summed E-state index contributed by atoms with van der Waals surface area (Å²) in [5, 5.41) is 2.30. The zero-order valence-corrected chi connectivity index (χ0v) is 25.5. The Labute approximate surface area is 267 Å². The predicted molar refractivity (Wildman–Crippen MR) is 186 cm³/mol. The highest BCUT2D eigenvalue weighted by atomic mass is 16.3. The maximum Gasteiger partial charge on any atom is 0.164 e. The number of hydrogen-bond acceptors (Lipinski definition) is 4. The van der Waals surface area contributed by atoms with Crippen molar-refractivity contribution < 1.29 is 4.42 Å². The number of aromatic nitrogens is 3. The largest absolute Gasteiger partial charge is 0.456 e. The highest BCUT2D eigenvalue weighted by molar-refractivity contribution is 6.09. The van der Waals surface area contributed by atoms with E-state index in [2.05, 4.69) is 92.7 Å². The lowest BCUT2D eigenvalue weighted by molar-refractivity contribution is 0.620. The van der Waals surface area contributed by atoms with Crippen LogP contribution >= 0.6 is 0 Å². The Morgan fingerprint density at radius 2 is 0.978 bits per heavy atom. The second kappa shape index (κ2) is 10.1. The third-order valence-electron chi connectivity index (χ3n) is 9.33. The summed E-state index contributed by atoms with van der Waals surface area (Å²) in [6, 6.07) is 48.3. The second-order valence-corrected chi connectivity index (χ2v) is 12.5. The molecule has 218 valence electrons. The molecule has 9 rings (SSSR count). The number of rotatable bonds is 4. The number of nitrogens with zero attached hydrogens (tertiary/aromatic N) is 3. The molecule has 4 heteroatoms. The van der Waals surface area contributed by atoms with Crippen molar-refractivity contribution in [3.63, 3.8) is 0 Å². The SMILES string of the molecule is CC1(C)c2ccccc2-c2ccc3c(oc4cc(-c5ccc(-c6nc(-c7ccccc7)nc(-c7ccccc7)n6)cc5)ccc43)c21. The molecule has 4 nitrogen and oxygen atoms in total. The highest BCUT2D eigenvalue weighted by Crippen LogP contribution is 2.52. The van der Waals surface area contributed by atoms with Gasteiger partial charge in [0, 0.05) is 38.4 Å². The summed E-state index contributed by atoms with van der Waals surface area (Å²) in [4.78, 5) is 14.6. The first-order valence-corrected chi connectivity index (χ1v) is 15.6. The van der Waals surface area contributed by atoms with Crippen LogP contribution in [0.1, 0.15) is 25.0 Å². The Balaban J connectivity index is 1.11. The van der Waals surface area contributed by atoms with E-state index in [0.29, 0.717) is 17.5 Å². The first-order chi connectivity index (χ1) is 22.5. The van der Waals surface area contributed by atoms with Crippen molar-refractivity contribution in [1.29, 1.82) is 0 Å². The Morgan fingerprint density at radius 3 is 1.63 bits per heavy atom. The fourth-order valence-corrected chi connectivity index (χ4v) is 7.01. The van der Waals surface area contributed by atoms with Crippen molar-refractivity contribution in [2.75, 3.05) is 0 Å². The molecule has 0 N–H and O–H groups in total. The normalized spacial score (nSPS) is 13.2. The molecule has 2 aromatic heterocycles. The van der Waals surface area contributed by atoms with Crippen molar-refractivity contribution in [3.05, 3.63) is 151 Å². The fourth-order valence-electron chi connectivity index (χ4n) is 7.01. The van der Waals surface area contributed by atoms with Gasteiger partial charge in [0.1, 0.15) is 11.2 Å². The van der Waals surface area contributed by atoms with E-state index in [4.69, 9.17) is 19.4 Å². The first-order valence-electron chi connectivity index (χ1n) is 15.6. The molecule has 0 radical (unpaired) electrons. The van der Waals surface area contributed by atoms with E-state index in [1.165, 1.54) is 22.3 Å².